The van der Waals surface area contributed by atoms with Gasteiger partial charge in [0.2, 0.25) is 5.91 Å². The van der Waals surface area contributed by atoms with Crippen molar-refractivity contribution in [2.24, 2.45) is 5.73 Å². The normalized spacial score (nSPS) is 10.2. The average molecular weight is 250 g/mol. The standard InChI is InChI=1S/C11H10N2OS2/c12-7-3-4-8(11(13)14)9(6-7)16-10-2-1-5-15-10/h1-6H,12H2,(H2,13,14). The van der Waals surface area contributed by atoms with Gasteiger partial charge in [-0.25, -0.2) is 0 Å². The quantitative estimate of drug-likeness (QED) is 0.823. The summed E-state index contributed by atoms with van der Waals surface area (Å²) in [4.78, 5) is 12.0. The molecule has 0 radical (unpaired) electrons. The highest BCUT2D eigenvalue weighted by atomic mass is 32.2. The van der Waals surface area contributed by atoms with E-state index in [0.717, 1.165) is 9.10 Å². The molecular weight excluding hydrogens is 240 g/mol. The van der Waals surface area contributed by atoms with Crippen LogP contribution in [0.5, 0.6) is 0 Å². The van der Waals surface area contributed by atoms with E-state index in [9.17, 15) is 4.79 Å². The first-order chi connectivity index (χ1) is 7.66. The molecule has 4 N–H and O–H groups in total. The summed E-state index contributed by atoms with van der Waals surface area (Å²) in [5.74, 6) is -0.431. The molecule has 0 atom stereocenters. The topological polar surface area (TPSA) is 69.1 Å². The molecule has 1 aromatic carbocycles. The number of carbonyl (C=O) groups is 1. The van der Waals surface area contributed by atoms with Crippen molar-refractivity contribution in [2.45, 2.75) is 9.10 Å². The van der Waals surface area contributed by atoms with E-state index >= 15 is 0 Å². The van der Waals surface area contributed by atoms with Gasteiger partial charge in [0.15, 0.2) is 0 Å². The highest BCUT2D eigenvalue weighted by Gasteiger charge is 2.10. The molecule has 2 aromatic rings. The van der Waals surface area contributed by atoms with E-state index in [1.54, 1.807) is 29.5 Å². The molecular formula is C11H10N2OS2. The first kappa shape index (κ1) is 11.0. The zero-order chi connectivity index (χ0) is 11.5. The summed E-state index contributed by atoms with van der Waals surface area (Å²) in [5, 5.41) is 1.98. The summed E-state index contributed by atoms with van der Waals surface area (Å²) in [6.45, 7) is 0. The van der Waals surface area contributed by atoms with Crippen LogP contribution in [-0.2, 0) is 0 Å². The van der Waals surface area contributed by atoms with Crippen LogP contribution in [0.15, 0.2) is 44.8 Å². The molecule has 1 amide bonds. The maximum atomic E-state index is 11.2. The largest absolute Gasteiger partial charge is 0.399 e. The van der Waals surface area contributed by atoms with Gasteiger partial charge in [-0.05, 0) is 29.6 Å². The zero-order valence-corrected chi connectivity index (χ0v) is 9.98. The Labute approximate surface area is 101 Å². The fourth-order valence-electron chi connectivity index (χ4n) is 1.26. The summed E-state index contributed by atoms with van der Waals surface area (Å²) >= 11 is 3.12. The molecule has 0 unspecified atom stereocenters. The van der Waals surface area contributed by atoms with Gasteiger partial charge in [-0.1, -0.05) is 17.8 Å². The molecule has 0 aliphatic heterocycles. The molecule has 1 heterocycles. The molecule has 16 heavy (non-hydrogen) atoms. The van der Waals surface area contributed by atoms with Crippen LogP contribution in [0.25, 0.3) is 0 Å². The Morgan fingerprint density at radius 3 is 2.75 bits per heavy atom. The molecule has 82 valence electrons. The summed E-state index contributed by atoms with van der Waals surface area (Å²) in [6, 6.07) is 9.06. The minimum absolute atomic E-state index is 0.431. The lowest BCUT2D eigenvalue weighted by atomic mass is 10.2. The van der Waals surface area contributed by atoms with Gasteiger partial charge in [-0.2, -0.15) is 0 Å². The lowest BCUT2D eigenvalue weighted by molar-refractivity contribution is 0.0997. The Hall–Kier alpha value is -1.46. The average Bonchev–Trinajstić information content (AvgIpc) is 2.70. The maximum Gasteiger partial charge on any atom is 0.249 e. The maximum absolute atomic E-state index is 11.2. The smallest absolute Gasteiger partial charge is 0.249 e. The molecule has 5 heteroatoms. The predicted octanol–water partition coefficient (Wildman–Crippen LogP) is 2.58. The van der Waals surface area contributed by atoms with Crippen molar-refractivity contribution in [3.63, 3.8) is 0 Å². The van der Waals surface area contributed by atoms with E-state index in [1.165, 1.54) is 11.8 Å². The molecule has 1 aromatic heterocycles. The number of nitrogens with two attached hydrogens (primary N) is 2. The molecule has 0 saturated heterocycles. The van der Waals surface area contributed by atoms with E-state index in [-0.39, 0.29) is 0 Å². The third-order valence-corrected chi connectivity index (χ3v) is 4.07. The lowest BCUT2D eigenvalue weighted by Gasteiger charge is -2.05. The summed E-state index contributed by atoms with van der Waals surface area (Å²) < 4.78 is 1.10. The third-order valence-electron chi connectivity index (χ3n) is 1.98. The summed E-state index contributed by atoms with van der Waals surface area (Å²) in [6.07, 6.45) is 0. The van der Waals surface area contributed by atoms with Crippen molar-refractivity contribution in [2.75, 3.05) is 5.73 Å². The van der Waals surface area contributed by atoms with Crippen LogP contribution in [0, 0.1) is 0 Å². The third kappa shape index (κ3) is 2.37. The number of primary amides is 1. The van der Waals surface area contributed by atoms with Crippen molar-refractivity contribution >= 4 is 34.7 Å². The first-order valence-corrected chi connectivity index (χ1v) is 6.27. The Morgan fingerprint density at radius 2 is 2.12 bits per heavy atom. The summed E-state index contributed by atoms with van der Waals surface area (Å²) in [7, 11) is 0. The Bertz CT molecular complexity index is 509. The monoisotopic (exact) mass is 250 g/mol. The number of nitrogen functional groups attached to an aromatic ring is 1. The van der Waals surface area contributed by atoms with E-state index in [1.807, 2.05) is 17.5 Å². The fraction of sp³-hybridized carbons (Fsp3) is 0. The van der Waals surface area contributed by atoms with Gasteiger partial charge < -0.3 is 11.5 Å². The van der Waals surface area contributed by atoms with E-state index in [4.69, 9.17) is 11.5 Å². The summed E-state index contributed by atoms with van der Waals surface area (Å²) in [5.41, 5.74) is 12.1. The van der Waals surface area contributed by atoms with Crippen LogP contribution in [0.2, 0.25) is 0 Å². The Morgan fingerprint density at radius 1 is 1.31 bits per heavy atom. The highest BCUT2D eigenvalue weighted by molar-refractivity contribution is 8.01. The van der Waals surface area contributed by atoms with E-state index < -0.39 is 5.91 Å². The second-order valence-electron chi connectivity index (χ2n) is 3.15. The van der Waals surface area contributed by atoms with Gasteiger partial charge in [0.1, 0.15) is 0 Å². The number of carbonyl (C=O) groups excluding carboxylic acids is 1. The van der Waals surface area contributed by atoms with Gasteiger partial charge in [0.25, 0.3) is 0 Å². The number of rotatable bonds is 3. The Balaban J connectivity index is 2.38. The molecule has 0 aliphatic rings. The van der Waals surface area contributed by atoms with Crippen molar-refractivity contribution in [3.05, 3.63) is 41.3 Å². The van der Waals surface area contributed by atoms with Crippen LogP contribution < -0.4 is 11.5 Å². The van der Waals surface area contributed by atoms with Gasteiger partial charge in [0.05, 0.1) is 9.77 Å². The second kappa shape index (κ2) is 4.59. The fourth-order valence-corrected chi connectivity index (χ4v) is 3.17. The molecule has 0 bridgehead atoms. The number of anilines is 1. The SMILES string of the molecule is NC(=O)c1ccc(N)cc1Sc1cccs1. The molecule has 0 aliphatic carbocycles. The van der Waals surface area contributed by atoms with Crippen LogP contribution >= 0.6 is 23.1 Å². The van der Waals surface area contributed by atoms with Crippen molar-refractivity contribution in [3.8, 4) is 0 Å². The van der Waals surface area contributed by atoms with E-state index in [2.05, 4.69) is 0 Å². The second-order valence-corrected chi connectivity index (χ2v) is 5.44. The van der Waals surface area contributed by atoms with Crippen molar-refractivity contribution < 1.29 is 4.79 Å². The highest BCUT2D eigenvalue weighted by Crippen LogP contribution is 2.34. The lowest BCUT2D eigenvalue weighted by Crippen LogP contribution is -2.12. The van der Waals surface area contributed by atoms with Gasteiger partial charge >= 0.3 is 0 Å². The predicted molar refractivity (Wildman–Crippen MR) is 67.8 cm³/mol. The van der Waals surface area contributed by atoms with Gasteiger partial charge in [-0.3, -0.25) is 4.79 Å². The van der Waals surface area contributed by atoms with Crippen molar-refractivity contribution in [1.82, 2.24) is 0 Å². The van der Waals surface area contributed by atoms with Crippen LogP contribution in [0.1, 0.15) is 10.4 Å². The zero-order valence-electron chi connectivity index (χ0n) is 8.34. The van der Waals surface area contributed by atoms with Gasteiger partial charge in [0, 0.05) is 10.6 Å². The van der Waals surface area contributed by atoms with Crippen LogP contribution in [0.3, 0.4) is 0 Å². The number of benzene rings is 1. The number of hydrogen-bond donors (Lipinski definition) is 2. The molecule has 2 rings (SSSR count). The Kier molecular flexibility index (Phi) is 3.17. The number of hydrogen-bond acceptors (Lipinski definition) is 4. The molecule has 0 saturated carbocycles. The number of thiophene rings is 1. The minimum atomic E-state index is -0.431. The number of amides is 1. The van der Waals surface area contributed by atoms with Crippen LogP contribution in [-0.4, -0.2) is 5.91 Å². The first-order valence-electron chi connectivity index (χ1n) is 4.57. The van der Waals surface area contributed by atoms with E-state index in [0.29, 0.717) is 11.3 Å². The van der Waals surface area contributed by atoms with Crippen LogP contribution in [0.4, 0.5) is 5.69 Å². The molecule has 0 spiro atoms. The molecule has 3 nitrogen and oxygen atoms in total. The minimum Gasteiger partial charge on any atom is -0.399 e. The molecule has 0 fully saturated rings. The van der Waals surface area contributed by atoms with Crippen molar-refractivity contribution in [1.29, 1.82) is 0 Å². The van der Waals surface area contributed by atoms with Gasteiger partial charge in [-0.15, -0.1) is 11.3 Å².